The van der Waals surface area contributed by atoms with Gasteiger partial charge < -0.3 is 4.74 Å². The second-order valence-electron chi connectivity index (χ2n) is 13.6. The van der Waals surface area contributed by atoms with E-state index in [-0.39, 0.29) is 0 Å². The van der Waals surface area contributed by atoms with Crippen LogP contribution in [0.1, 0.15) is 141 Å². The Kier molecular flexibility index (Phi) is 8.73. The molecule has 0 spiro atoms. The van der Waals surface area contributed by atoms with Crippen molar-refractivity contribution in [2.45, 2.75) is 172 Å². The average molecular weight is 495 g/mol. The zero-order chi connectivity index (χ0) is 24.2. The van der Waals surface area contributed by atoms with Gasteiger partial charge in [-0.15, -0.1) is 0 Å². The normalized spacial score (nSPS) is 37.7. The van der Waals surface area contributed by atoms with E-state index < -0.39 is 0 Å². The Hall–Kier alpha value is -0.830. The molecule has 1 heterocycles. The van der Waals surface area contributed by atoms with Crippen LogP contribution in [-0.4, -0.2) is 41.1 Å². The Morgan fingerprint density at radius 2 is 1.17 bits per heavy atom. The van der Waals surface area contributed by atoms with Gasteiger partial charge in [-0.25, -0.2) is 4.99 Å². The van der Waals surface area contributed by atoms with Crippen LogP contribution in [0.15, 0.2) is 17.1 Å². The van der Waals surface area contributed by atoms with E-state index in [4.69, 9.17) is 9.73 Å². The fraction of sp³-hybridized carbons (Fsp3) is 0.909. The Morgan fingerprint density at radius 1 is 0.583 bits per heavy atom. The quantitative estimate of drug-likeness (QED) is 0.369. The maximum atomic E-state index is 6.45. The highest BCUT2D eigenvalue weighted by molar-refractivity contribution is 5.89. The summed E-state index contributed by atoms with van der Waals surface area (Å²) in [4.78, 5) is 8.15. The second kappa shape index (κ2) is 12.4. The molecule has 3 atom stereocenters. The van der Waals surface area contributed by atoms with Crippen molar-refractivity contribution in [1.82, 2.24) is 4.90 Å². The predicted molar refractivity (Wildman–Crippen MR) is 150 cm³/mol. The van der Waals surface area contributed by atoms with Crippen molar-refractivity contribution >= 4 is 5.90 Å². The molecule has 5 fully saturated rings. The number of hydrogen-bond acceptors (Lipinski definition) is 3. The first-order valence-corrected chi connectivity index (χ1v) is 16.5. The lowest BCUT2D eigenvalue weighted by Gasteiger charge is -2.48. The minimum absolute atomic E-state index is 0.376. The number of aliphatic imine (C=N–C) groups is 1. The summed E-state index contributed by atoms with van der Waals surface area (Å²) in [6, 6.07) is 3.07. The largest absolute Gasteiger partial charge is 0.472 e. The minimum atomic E-state index is 0.376. The van der Waals surface area contributed by atoms with Crippen molar-refractivity contribution < 1.29 is 4.74 Å². The van der Waals surface area contributed by atoms with Crippen molar-refractivity contribution in [1.29, 1.82) is 0 Å². The van der Waals surface area contributed by atoms with Gasteiger partial charge in [0.2, 0.25) is 5.90 Å². The predicted octanol–water partition coefficient (Wildman–Crippen LogP) is 8.62. The van der Waals surface area contributed by atoms with Gasteiger partial charge in [0.05, 0.1) is 6.04 Å². The molecule has 3 nitrogen and oxygen atoms in total. The average Bonchev–Trinajstić information content (AvgIpc) is 3.37. The highest BCUT2D eigenvalue weighted by atomic mass is 16.5. The molecule has 5 saturated carbocycles. The van der Waals surface area contributed by atoms with Gasteiger partial charge in [-0.2, -0.15) is 0 Å². The number of rotatable bonds is 6. The molecule has 0 aromatic rings. The smallest absolute Gasteiger partial charge is 0.208 e. The lowest BCUT2D eigenvalue weighted by atomic mass is 9.72. The van der Waals surface area contributed by atoms with Crippen LogP contribution in [0.5, 0.6) is 0 Å². The van der Waals surface area contributed by atoms with Crippen LogP contribution in [0.4, 0.5) is 0 Å². The van der Waals surface area contributed by atoms with Crippen molar-refractivity contribution in [3.63, 3.8) is 0 Å². The van der Waals surface area contributed by atoms with E-state index in [0.29, 0.717) is 12.1 Å². The van der Waals surface area contributed by atoms with Crippen molar-refractivity contribution in [2.75, 3.05) is 0 Å². The van der Waals surface area contributed by atoms with Gasteiger partial charge in [-0.1, -0.05) is 76.7 Å². The van der Waals surface area contributed by atoms with Gasteiger partial charge in [-0.05, 0) is 94.5 Å². The third-order valence-corrected chi connectivity index (χ3v) is 11.3. The fourth-order valence-electron chi connectivity index (χ4n) is 9.35. The molecule has 3 unspecified atom stereocenters. The molecule has 0 aromatic heterocycles. The topological polar surface area (TPSA) is 24.8 Å². The fourth-order valence-corrected chi connectivity index (χ4v) is 9.35. The minimum Gasteiger partial charge on any atom is -0.472 e. The molecule has 1 aliphatic heterocycles. The monoisotopic (exact) mass is 494 g/mol. The molecule has 0 radical (unpaired) electrons. The zero-order valence-electron chi connectivity index (χ0n) is 23.1. The van der Waals surface area contributed by atoms with Crippen LogP contribution in [0, 0.1) is 17.8 Å². The molecule has 0 aromatic carbocycles. The summed E-state index contributed by atoms with van der Waals surface area (Å²) in [5.74, 6) is 3.56. The van der Waals surface area contributed by atoms with Crippen molar-refractivity contribution in [2.24, 2.45) is 22.7 Å². The molecule has 6 aliphatic rings. The number of allylic oxidation sites excluding steroid dienone is 1. The second-order valence-corrected chi connectivity index (χ2v) is 13.6. The summed E-state index contributed by atoms with van der Waals surface area (Å²) >= 11 is 0. The zero-order valence-corrected chi connectivity index (χ0v) is 23.1. The van der Waals surface area contributed by atoms with Crippen molar-refractivity contribution in [3.8, 4) is 0 Å². The summed E-state index contributed by atoms with van der Waals surface area (Å²) in [6.07, 6.45) is 36.6. The maximum Gasteiger partial charge on any atom is 0.208 e. The van der Waals surface area contributed by atoms with E-state index >= 15 is 0 Å². The van der Waals surface area contributed by atoms with Crippen LogP contribution in [-0.2, 0) is 4.74 Å². The first-order valence-electron chi connectivity index (χ1n) is 16.5. The van der Waals surface area contributed by atoms with Gasteiger partial charge in [0, 0.05) is 18.1 Å². The van der Waals surface area contributed by atoms with E-state index in [9.17, 15) is 0 Å². The molecule has 0 N–H and O–H groups in total. The highest BCUT2D eigenvalue weighted by Gasteiger charge is 2.39. The Bertz CT molecular complexity index is 717. The molecule has 0 saturated heterocycles. The molecule has 0 bridgehead atoms. The number of fused-ring (bicyclic) bond motifs is 1. The first-order chi connectivity index (χ1) is 17.8. The molecule has 3 heteroatoms. The van der Waals surface area contributed by atoms with Crippen LogP contribution in [0.2, 0.25) is 0 Å². The van der Waals surface area contributed by atoms with Gasteiger partial charge in [-0.3, -0.25) is 4.90 Å². The molecule has 0 amide bonds. The van der Waals surface area contributed by atoms with Gasteiger partial charge in [0.15, 0.2) is 0 Å². The third-order valence-electron chi connectivity index (χ3n) is 11.3. The number of nitrogens with zero attached hydrogens (tertiary/aromatic N) is 2. The summed E-state index contributed by atoms with van der Waals surface area (Å²) in [5, 5.41) is 0. The van der Waals surface area contributed by atoms with Crippen LogP contribution in [0.3, 0.4) is 0 Å². The van der Waals surface area contributed by atoms with Gasteiger partial charge in [0.25, 0.3) is 0 Å². The van der Waals surface area contributed by atoms with E-state index in [1.807, 2.05) is 0 Å². The van der Waals surface area contributed by atoms with E-state index in [1.54, 1.807) is 0 Å². The van der Waals surface area contributed by atoms with E-state index in [1.165, 1.54) is 141 Å². The van der Waals surface area contributed by atoms with Crippen LogP contribution >= 0.6 is 0 Å². The highest BCUT2D eigenvalue weighted by Crippen LogP contribution is 2.42. The van der Waals surface area contributed by atoms with Gasteiger partial charge >= 0.3 is 0 Å². The Balaban J connectivity index is 0.997. The number of ether oxygens (including phenoxy) is 1. The standard InChI is InChI=1S/C33H54N2O/c1-4-10-26(11-5-1)27-19-22-31-32(24-27)36-33(34-31)23-18-25-16-20-30(21-17-25)35(28-12-6-2-7-13-28)29-14-8-3-9-15-29/h18,23,25-32H,1-17,19-22,24H2. The Morgan fingerprint density at radius 3 is 1.81 bits per heavy atom. The van der Waals surface area contributed by atoms with Crippen LogP contribution < -0.4 is 0 Å². The van der Waals surface area contributed by atoms with E-state index in [2.05, 4.69) is 17.1 Å². The molecular formula is C33H54N2O. The summed E-state index contributed by atoms with van der Waals surface area (Å²) < 4.78 is 6.45. The molecule has 36 heavy (non-hydrogen) atoms. The third kappa shape index (κ3) is 6.08. The first kappa shape index (κ1) is 25.4. The summed E-state index contributed by atoms with van der Waals surface area (Å²) in [5.41, 5.74) is 0. The molecule has 6 rings (SSSR count). The lowest BCUT2D eigenvalue weighted by molar-refractivity contribution is 0.0182. The molecule has 5 aliphatic carbocycles. The molecule has 202 valence electrons. The summed E-state index contributed by atoms with van der Waals surface area (Å²) in [7, 11) is 0. The lowest BCUT2D eigenvalue weighted by Crippen LogP contribution is -2.51. The SMILES string of the molecule is C(=CC1CCC(N(C2CCCCC2)C2CCCCC2)CC1)C1=NC2CCC(C3CCCCC3)CC2O1. The Labute approximate surface area is 221 Å². The maximum absolute atomic E-state index is 6.45. The van der Waals surface area contributed by atoms with Crippen molar-refractivity contribution in [3.05, 3.63) is 12.2 Å². The van der Waals surface area contributed by atoms with Crippen LogP contribution in [0.25, 0.3) is 0 Å². The summed E-state index contributed by atoms with van der Waals surface area (Å²) in [6.45, 7) is 0. The van der Waals surface area contributed by atoms with E-state index in [0.717, 1.165) is 41.8 Å². The number of hydrogen-bond donors (Lipinski definition) is 0. The van der Waals surface area contributed by atoms with Gasteiger partial charge in [0.1, 0.15) is 6.10 Å². The molecular weight excluding hydrogens is 440 g/mol.